The Labute approximate surface area is 221 Å². The highest BCUT2D eigenvalue weighted by Gasteiger charge is 2.26. The first-order valence-electron chi connectivity index (χ1n) is 11.8. The maximum absolute atomic E-state index is 12.8. The van der Waals surface area contributed by atoms with Crippen molar-refractivity contribution in [3.05, 3.63) is 87.7 Å². The molecule has 2 N–H and O–H groups in total. The fraction of sp³-hybridized carbons (Fsp3) is 0.296. The number of anilines is 2. The molecule has 0 unspecified atom stereocenters. The summed E-state index contributed by atoms with van der Waals surface area (Å²) >= 11 is 12.2. The summed E-state index contributed by atoms with van der Waals surface area (Å²) in [5.41, 5.74) is 2.64. The molecule has 4 rings (SSSR count). The van der Waals surface area contributed by atoms with Crippen molar-refractivity contribution in [3.63, 3.8) is 0 Å². The number of halogens is 2. The van der Waals surface area contributed by atoms with Crippen molar-refractivity contribution in [2.24, 2.45) is 0 Å². The van der Waals surface area contributed by atoms with Crippen molar-refractivity contribution in [1.29, 1.82) is 0 Å². The van der Waals surface area contributed by atoms with Crippen molar-refractivity contribution in [2.75, 3.05) is 30.8 Å². The van der Waals surface area contributed by atoms with Crippen LogP contribution >= 0.6 is 23.2 Å². The Morgan fingerprint density at radius 3 is 2.33 bits per heavy atom. The van der Waals surface area contributed by atoms with Gasteiger partial charge in [0.1, 0.15) is 0 Å². The number of aromatic nitrogens is 1. The molecule has 2 atom stereocenters. The highest BCUT2D eigenvalue weighted by Crippen LogP contribution is 2.27. The topological polar surface area (TPSA) is 77.6 Å². The highest BCUT2D eigenvalue weighted by atomic mass is 35.5. The zero-order valence-electron chi connectivity index (χ0n) is 20.5. The number of benzene rings is 2. The summed E-state index contributed by atoms with van der Waals surface area (Å²) in [5.74, 6) is -0.655. The Morgan fingerprint density at radius 1 is 0.944 bits per heavy atom. The Balaban J connectivity index is 1.38. The lowest BCUT2D eigenvalue weighted by atomic mass is 10.1. The molecule has 0 saturated carbocycles. The number of amides is 2. The number of likely N-dealkylation sites (N-methyl/N-ethyl adjacent to an activating group) is 1. The molecule has 1 aliphatic heterocycles. The zero-order valence-corrected chi connectivity index (χ0v) is 22.0. The molecule has 0 spiro atoms. The van der Waals surface area contributed by atoms with Crippen molar-refractivity contribution >= 4 is 46.4 Å². The van der Waals surface area contributed by atoms with Crippen molar-refractivity contribution in [3.8, 4) is 0 Å². The van der Waals surface area contributed by atoms with Crippen LogP contribution in [0.4, 0.5) is 11.4 Å². The molecule has 2 heterocycles. The maximum atomic E-state index is 12.8. The summed E-state index contributed by atoms with van der Waals surface area (Å²) in [5, 5.41) is 6.41. The van der Waals surface area contributed by atoms with Crippen LogP contribution in [0.1, 0.15) is 40.3 Å². The van der Waals surface area contributed by atoms with Crippen molar-refractivity contribution in [2.45, 2.75) is 32.5 Å². The number of pyridine rings is 1. The number of carbonyl (C=O) groups is 2. The first kappa shape index (κ1) is 26.1. The van der Waals surface area contributed by atoms with E-state index >= 15 is 0 Å². The van der Waals surface area contributed by atoms with Crippen LogP contribution in [0.25, 0.3) is 0 Å². The van der Waals surface area contributed by atoms with Gasteiger partial charge in [0.05, 0.1) is 22.0 Å². The highest BCUT2D eigenvalue weighted by molar-refractivity contribution is 6.34. The minimum Gasteiger partial charge on any atom is -0.322 e. The first-order valence-corrected chi connectivity index (χ1v) is 12.5. The van der Waals surface area contributed by atoms with E-state index in [-0.39, 0.29) is 11.8 Å². The normalized spacial score (nSPS) is 18.6. The summed E-state index contributed by atoms with van der Waals surface area (Å²) in [6, 6.07) is 16.1. The fourth-order valence-corrected chi connectivity index (χ4v) is 4.61. The molecule has 7 nitrogen and oxygen atoms in total. The maximum Gasteiger partial charge on any atom is 0.257 e. The number of nitrogens with zero attached hydrogens (tertiary/aromatic N) is 3. The van der Waals surface area contributed by atoms with Gasteiger partial charge < -0.3 is 10.6 Å². The van der Waals surface area contributed by atoms with Crippen LogP contribution in [0.5, 0.6) is 0 Å². The zero-order chi connectivity index (χ0) is 25.8. The Bertz CT molecular complexity index is 1240. The van der Waals surface area contributed by atoms with Gasteiger partial charge in [-0.1, -0.05) is 29.3 Å². The van der Waals surface area contributed by atoms with Crippen molar-refractivity contribution < 1.29 is 9.59 Å². The lowest BCUT2D eigenvalue weighted by Crippen LogP contribution is -2.54. The minimum absolute atomic E-state index is 0.301. The standard InChI is InChI=1S/C27H29Cl2N5O2/c1-17-14-34(15-18(2)33(17)3)16-23-8-7-20(13-30-23)27(36)31-22-9-10-24(29)25(12-22)32-26(35)19-5-4-6-21(28)11-19/h4-13,17-18H,14-16H2,1-3H3,(H,31,36)(H,32,35)/t17-,18+. The Hall–Kier alpha value is -2.97. The molecule has 2 aromatic carbocycles. The molecule has 1 aliphatic rings. The van der Waals surface area contributed by atoms with Gasteiger partial charge in [-0.2, -0.15) is 0 Å². The van der Waals surface area contributed by atoms with E-state index in [1.807, 2.05) is 6.07 Å². The van der Waals surface area contributed by atoms with Gasteiger partial charge in [0.2, 0.25) is 0 Å². The molecule has 188 valence electrons. The van der Waals surface area contributed by atoms with E-state index in [1.54, 1.807) is 54.7 Å². The van der Waals surface area contributed by atoms with E-state index in [0.29, 0.717) is 44.6 Å². The third kappa shape index (κ3) is 6.42. The predicted octanol–water partition coefficient (Wildman–Crippen LogP) is 5.42. The fourth-order valence-electron chi connectivity index (χ4n) is 4.25. The van der Waals surface area contributed by atoms with Gasteiger partial charge in [-0.3, -0.25) is 24.4 Å². The van der Waals surface area contributed by atoms with E-state index < -0.39 is 0 Å². The monoisotopic (exact) mass is 525 g/mol. The molecule has 0 radical (unpaired) electrons. The predicted molar refractivity (Wildman–Crippen MR) is 145 cm³/mol. The van der Waals surface area contributed by atoms with Gasteiger partial charge in [0, 0.05) is 54.2 Å². The largest absolute Gasteiger partial charge is 0.322 e. The van der Waals surface area contributed by atoms with Crippen LogP contribution in [0.3, 0.4) is 0 Å². The molecule has 3 aromatic rings. The first-order chi connectivity index (χ1) is 17.2. The van der Waals surface area contributed by atoms with Crippen LogP contribution < -0.4 is 10.6 Å². The van der Waals surface area contributed by atoms with Crippen LogP contribution in [-0.4, -0.2) is 58.8 Å². The molecule has 2 amide bonds. The van der Waals surface area contributed by atoms with Crippen LogP contribution in [0.2, 0.25) is 10.0 Å². The SMILES string of the molecule is C[C@@H]1CN(Cc2ccc(C(=O)Nc3ccc(Cl)c(NC(=O)c4cccc(Cl)c4)c3)cn2)C[C@H](C)N1C. The second kappa shape index (κ2) is 11.4. The molecule has 0 bridgehead atoms. The number of nitrogens with one attached hydrogen (secondary N) is 2. The molecule has 9 heteroatoms. The van der Waals surface area contributed by atoms with Gasteiger partial charge in [0.25, 0.3) is 11.8 Å². The second-order valence-corrected chi connectivity index (χ2v) is 10.1. The average Bonchev–Trinajstić information content (AvgIpc) is 2.85. The van der Waals surface area contributed by atoms with E-state index in [4.69, 9.17) is 23.2 Å². The molecule has 0 aliphatic carbocycles. The third-order valence-electron chi connectivity index (χ3n) is 6.47. The Kier molecular flexibility index (Phi) is 8.26. The quantitative estimate of drug-likeness (QED) is 0.449. The van der Waals surface area contributed by atoms with Crippen molar-refractivity contribution in [1.82, 2.24) is 14.8 Å². The Morgan fingerprint density at radius 2 is 1.67 bits per heavy atom. The average molecular weight is 526 g/mol. The number of hydrogen-bond acceptors (Lipinski definition) is 5. The van der Waals surface area contributed by atoms with Crippen LogP contribution in [-0.2, 0) is 6.54 Å². The summed E-state index contributed by atoms with van der Waals surface area (Å²) in [4.78, 5) is 34.7. The van der Waals surface area contributed by atoms with Gasteiger partial charge in [0.15, 0.2) is 0 Å². The van der Waals surface area contributed by atoms with Gasteiger partial charge in [-0.25, -0.2) is 0 Å². The van der Waals surface area contributed by atoms with Crippen LogP contribution in [0.15, 0.2) is 60.8 Å². The van der Waals surface area contributed by atoms with Crippen LogP contribution in [0, 0.1) is 0 Å². The van der Waals surface area contributed by atoms with E-state index in [1.165, 1.54) is 0 Å². The summed E-state index contributed by atoms with van der Waals surface area (Å²) in [6.45, 7) is 7.18. The summed E-state index contributed by atoms with van der Waals surface area (Å²) in [6.07, 6.45) is 1.59. The second-order valence-electron chi connectivity index (χ2n) is 9.21. The summed E-state index contributed by atoms with van der Waals surface area (Å²) < 4.78 is 0. The molecular formula is C27H29Cl2N5O2. The smallest absolute Gasteiger partial charge is 0.257 e. The van der Waals surface area contributed by atoms with Gasteiger partial charge in [-0.15, -0.1) is 0 Å². The van der Waals surface area contributed by atoms with E-state index in [0.717, 1.165) is 25.3 Å². The van der Waals surface area contributed by atoms with Gasteiger partial charge in [-0.05, 0) is 69.4 Å². The molecule has 36 heavy (non-hydrogen) atoms. The number of carbonyl (C=O) groups excluding carboxylic acids is 2. The number of piperazine rings is 1. The molecule has 1 aromatic heterocycles. The third-order valence-corrected chi connectivity index (χ3v) is 7.03. The summed E-state index contributed by atoms with van der Waals surface area (Å²) in [7, 11) is 2.16. The number of hydrogen-bond donors (Lipinski definition) is 2. The minimum atomic E-state index is -0.355. The lowest BCUT2D eigenvalue weighted by Gasteiger charge is -2.42. The van der Waals surface area contributed by atoms with E-state index in [2.05, 4.69) is 46.3 Å². The molecular weight excluding hydrogens is 497 g/mol. The lowest BCUT2D eigenvalue weighted by molar-refractivity contribution is 0.0549. The van der Waals surface area contributed by atoms with E-state index in [9.17, 15) is 9.59 Å². The molecule has 1 saturated heterocycles. The molecule has 1 fully saturated rings. The number of rotatable bonds is 6. The van der Waals surface area contributed by atoms with Gasteiger partial charge >= 0.3 is 0 Å².